The molecule has 0 atom stereocenters. The molecule has 15 heavy (non-hydrogen) atoms. The molecule has 0 fully saturated rings. The molecular weight excluding hydrogens is 190 g/mol. The molecule has 0 spiro atoms. The third-order valence-corrected chi connectivity index (χ3v) is 2.29. The van der Waals surface area contributed by atoms with Gasteiger partial charge < -0.3 is 4.90 Å². The first kappa shape index (κ1) is 13.9. The summed E-state index contributed by atoms with van der Waals surface area (Å²) >= 11 is 0. The summed E-state index contributed by atoms with van der Waals surface area (Å²) < 4.78 is 0. The highest BCUT2D eigenvalue weighted by atomic mass is 16.1. The van der Waals surface area contributed by atoms with Crippen molar-refractivity contribution >= 4 is 12.2 Å². The van der Waals surface area contributed by atoms with E-state index < -0.39 is 0 Å². The van der Waals surface area contributed by atoms with Crippen molar-refractivity contribution in [3.8, 4) is 0 Å². The third kappa shape index (κ3) is 4.32. The van der Waals surface area contributed by atoms with E-state index in [2.05, 4.69) is 18.9 Å². The lowest BCUT2D eigenvalue weighted by Crippen LogP contribution is -2.36. The van der Waals surface area contributed by atoms with Gasteiger partial charge in [0.05, 0.1) is 0 Å². The fraction of sp³-hybridized carbons (Fsp3) is 0.818. The zero-order chi connectivity index (χ0) is 12.0. The van der Waals surface area contributed by atoms with Gasteiger partial charge in [0.15, 0.2) is 0 Å². The molecule has 88 valence electrons. The van der Waals surface area contributed by atoms with E-state index in [1.54, 1.807) is 4.90 Å². The van der Waals surface area contributed by atoms with Gasteiger partial charge in [-0.3, -0.25) is 9.80 Å². The number of amidine groups is 1. The second-order valence-electron chi connectivity index (χ2n) is 4.17. The van der Waals surface area contributed by atoms with E-state index >= 15 is 0 Å². The van der Waals surface area contributed by atoms with Gasteiger partial charge in [0, 0.05) is 25.6 Å². The first-order valence-electron chi connectivity index (χ1n) is 5.47. The van der Waals surface area contributed by atoms with Gasteiger partial charge in [0.2, 0.25) is 6.41 Å². The molecule has 0 saturated carbocycles. The molecule has 0 rings (SSSR count). The van der Waals surface area contributed by atoms with Crippen LogP contribution in [-0.2, 0) is 4.79 Å². The second-order valence-corrected chi connectivity index (χ2v) is 4.17. The fourth-order valence-electron chi connectivity index (χ4n) is 1.07. The Labute approximate surface area is 92.9 Å². The van der Waals surface area contributed by atoms with Crippen molar-refractivity contribution in [1.29, 1.82) is 0 Å². The number of carbonyl (C=O) groups is 1. The van der Waals surface area contributed by atoms with Crippen LogP contribution in [0.3, 0.4) is 0 Å². The second kappa shape index (κ2) is 6.43. The molecule has 1 amide bonds. The molecule has 0 unspecified atom stereocenters. The number of hydrazone groups is 1. The van der Waals surface area contributed by atoms with Crippen LogP contribution in [0.15, 0.2) is 5.10 Å². The molecule has 0 aromatic carbocycles. The van der Waals surface area contributed by atoms with Crippen LogP contribution in [0.5, 0.6) is 0 Å². The SMILES string of the molecule is CCN(C=O)/C(=N\N(C)C(C)C)C(C)C. The maximum atomic E-state index is 10.9. The summed E-state index contributed by atoms with van der Waals surface area (Å²) in [4.78, 5) is 12.5. The Morgan fingerprint density at radius 2 is 1.87 bits per heavy atom. The summed E-state index contributed by atoms with van der Waals surface area (Å²) in [6.45, 7) is 10.8. The minimum absolute atomic E-state index is 0.247. The third-order valence-electron chi connectivity index (χ3n) is 2.29. The monoisotopic (exact) mass is 213 g/mol. The quantitative estimate of drug-likeness (QED) is 0.302. The number of hydrogen-bond donors (Lipinski definition) is 0. The molecule has 0 aliphatic heterocycles. The minimum Gasteiger partial charge on any atom is -0.302 e. The van der Waals surface area contributed by atoms with E-state index in [1.165, 1.54) is 0 Å². The Morgan fingerprint density at radius 3 is 2.13 bits per heavy atom. The predicted octanol–water partition coefficient (Wildman–Crippen LogP) is 1.77. The summed E-state index contributed by atoms with van der Waals surface area (Å²) in [5.41, 5.74) is 0. The highest BCUT2D eigenvalue weighted by Crippen LogP contribution is 2.05. The summed E-state index contributed by atoms with van der Waals surface area (Å²) in [6, 6.07) is 0.337. The molecule has 4 nitrogen and oxygen atoms in total. The van der Waals surface area contributed by atoms with Crippen LogP contribution in [0.2, 0.25) is 0 Å². The average Bonchev–Trinajstić information content (AvgIpc) is 2.17. The number of rotatable bonds is 5. The molecule has 0 N–H and O–H groups in total. The van der Waals surface area contributed by atoms with Crippen molar-refractivity contribution < 1.29 is 4.79 Å². The molecule has 0 heterocycles. The Balaban J connectivity index is 4.86. The van der Waals surface area contributed by atoms with Crippen molar-refractivity contribution in [2.75, 3.05) is 13.6 Å². The van der Waals surface area contributed by atoms with Crippen molar-refractivity contribution in [2.45, 2.75) is 40.7 Å². The Bertz CT molecular complexity index is 224. The van der Waals surface area contributed by atoms with Crippen LogP contribution >= 0.6 is 0 Å². The lowest BCUT2D eigenvalue weighted by Gasteiger charge is -2.25. The number of amides is 1. The molecule has 0 aromatic heterocycles. The van der Waals surface area contributed by atoms with Crippen molar-refractivity contribution in [3.63, 3.8) is 0 Å². The van der Waals surface area contributed by atoms with Gasteiger partial charge in [-0.2, -0.15) is 5.10 Å². The largest absolute Gasteiger partial charge is 0.302 e. The van der Waals surface area contributed by atoms with Gasteiger partial charge in [0.25, 0.3) is 0 Å². The average molecular weight is 213 g/mol. The molecular formula is C11H23N3O. The highest BCUT2D eigenvalue weighted by molar-refractivity contribution is 5.91. The van der Waals surface area contributed by atoms with E-state index in [4.69, 9.17) is 0 Å². The van der Waals surface area contributed by atoms with E-state index in [1.807, 2.05) is 32.8 Å². The Morgan fingerprint density at radius 1 is 1.33 bits per heavy atom. The molecule has 0 saturated heterocycles. The minimum atomic E-state index is 0.247. The van der Waals surface area contributed by atoms with Gasteiger partial charge in [-0.25, -0.2) is 0 Å². The summed E-state index contributed by atoms with van der Waals surface area (Å²) in [5.74, 6) is 1.07. The highest BCUT2D eigenvalue weighted by Gasteiger charge is 2.14. The number of nitrogens with zero attached hydrogens (tertiary/aromatic N) is 3. The van der Waals surface area contributed by atoms with Crippen LogP contribution in [0.1, 0.15) is 34.6 Å². The number of hydrogen-bond acceptors (Lipinski definition) is 3. The maximum absolute atomic E-state index is 10.9. The van der Waals surface area contributed by atoms with Crippen LogP contribution < -0.4 is 0 Å². The van der Waals surface area contributed by atoms with E-state index in [9.17, 15) is 4.79 Å². The fourth-order valence-corrected chi connectivity index (χ4v) is 1.07. The maximum Gasteiger partial charge on any atom is 0.215 e. The predicted molar refractivity (Wildman–Crippen MR) is 63.6 cm³/mol. The van der Waals surface area contributed by atoms with Gasteiger partial charge in [-0.15, -0.1) is 0 Å². The molecule has 0 aliphatic carbocycles. The van der Waals surface area contributed by atoms with Gasteiger partial charge in [0.1, 0.15) is 5.84 Å². The molecule has 0 radical (unpaired) electrons. The van der Waals surface area contributed by atoms with Gasteiger partial charge in [-0.05, 0) is 20.8 Å². The summed E-state index contributed by atoms with van der Waals surface area (Å²) in [6.07, 6.45) is 0.840. The van der Waals surface area contributed by atoms with Crippen molar-refractivity contribution in [1.82, 2.24) is 9.91 Å². The lowest BCUT2D eigenvalue weighted by molar-refractivity contribution is -0.114. The summed E-state index contributed by atoms with van der Waals surface area (Å²) in [5, 5.41) is 6.34. The molecule has 0 bridgehead atoms. The van der Waals surface area contributed by atoms with Crippen molar-refractivity contribution in [3.05, 3.63) is 0 Å². The lowest BCUT2D eigenvalue weighted by atomic mass is 10.2. The zero-order valence-electron chi connectivity index (χ0n) is 10.7. The standard InChI is InChI=1S/C11H23N3O/c1-7-14(8-15)11(9(2)3)12-13(6)10(4)5/h8-10H,7H2,1-6H3/b12-11-. The van der Waals surface area contributed by atoms with Crippen LogP contribution in [0.25, 0.3) is 0 Å². The van der Waals surface area contributed by atoms with Gasteiger partial charge >= 0.3 is 0 Å². The molecule has 0 aliphatic rings. The van der Waals surface area contributed by atoms with Crippen LogP contribution in [-0.4, -0.2) is 41.8 Å². The van der Waals surface area contributed by atoms with E-state index in [0.29, 0.717) is 12.6 Å². The Kier molecular flexibility index (Phi) is 5.97. The molecule has 4 heteroatoms. The van der Waals surface area contributed by atoms with E-state index in [0.717, 1.165) is 12.2 Å². The van der Waals surface area contributed by atoms with Crippen LogP contribution in [0.4, 0.5) is 0 Å². The topological polar surface area (TPSA) is 35.9 Å². The normalized spacial score (nSPS) is 12.1. The zero-order valence-corrected chi connectivity index (χ0v) is 10.7. The van der Waals surface area contributed by atoms with Crippen molar-refractivity contribution in [2.24, 2.45) is 11.0 Å². The smallest absolute Gasteiger partial charge is 0.215 e. The first-order valence-corrected chi connectivity index (χ1v) is 5.47. The molecule has 0 aromatic rings. The van der Waals surface area contributed by atoms with Crippen LogP contribution in [0, 0.1) is 5.92 Å². The summed E-state index contributed by atoms with van der Waals surface area (Å²) in [7, 11) is 1.92. The Hall–Kier alpha value is -1.06. The van der Waals surface area contributed by atoms with Gasteiger partial charge in [-0.1, -0.05) is 13.8 Å². The number of carbonyl (C=O) groups excluding carboxylic acids is 1. The van der Waals surface area contributed by atoms with E-state index in [-0.39, 0.29) is 5.92 Å². The first-order chi connectivity index (χ1) is 6.93.